The molecular weight excluding hydrogens is 279 g/mol. The van der Waals surface area contributed by atoms with Crippen LogP contribution in [0.15, 0.2) is 12.1 Å². The molecule has 2 aromatic rings. The van der Waals surface area contributed by atoms with Crippen LogP contribution < -0.4 is 11.3 Å². The van der Waals surface area contributed by atoms with E-state index in [-0.39, 0.29) is 16.8 Å². The summed E-state index contributed by atoms with van der Waals surface area (Å²) in [5.41, 5.74) is 2.41. The number of benzene rings is 1. The summed E-state index contributed by atoms with van der Waals surface area (Å²) in [6, 6.07) is 3.06. The Balaban J connectivity index is 2.91. The molecule has 1 aromatic carbocycles. The number of aromatic nitrogens is 1. The third-order valence-corrected chi connectivity index (χ3v) is 3.33. The predicted molar refractivity (Wildman–Crippen MR) is 69.0 cm³/mol. The van der Waals surface area contributed by atoms with Gasteiger partial charge in [-0.2, -0.15) is 13.2 Å². The van der Waals surface area contributed by atoms with E-state index in [0.29, 0.717) is 10.4 Å². The van der Waals surface area contributed by atoms with Crippen LogP contribution in [0.3, 0.4) is 0 Å². The zero-order valence-electron chi connectivity index (χ0n) is 10.2. The number of nitrogens with zero attached hydrogens (tertiary/aromatic N) is 1. The monoisotopic (exact) mass is 289 g/mol. The molecule has 0 saturated heterocycles. The topological polar surface area (TPSA) is 50.9 Å². The molecule has 0 aliphatic heterocycles. The van der Waals surface area contributed by atoms with Crippen LogP contribution in [0.2, 0.25) is 5.02 Å². The molecule has 0 unspecified atom stereocenters. The highest BCUT2D eigenvalue weighted by Gasteiger charge is 2.36. The number of hydrazine groups is 1. The summed E-state index contributed by atoms with van der Waals surface area (Å²) in [4.78, 5) is 3.65. The minimum atomic E-state index is -4.54. The highest BCUT2D eigenvalue weighted by molar-refractivity contribution is 6.32. The second-order valence-electron chi connectivity index (χ2n) is 4.22. The van der Waals surface area contributed by atoms with E-state index in [1.165, 1.54) is 13.0 Å². The average molecular weight is 290 g/mol. The van der Waals surface area contributed by atoms with E-state index in [2.05, 4.69) is 10.4 Å². The summed E-state index contributed by atoms with van der Waals surface area (Å²) >= 11 is 5.92. The number of nitrogens with one attached hydrogen (secondary N) is 1. The molecule has 0 amide bonds. The number of aryl methyl sites for hydroxylation is 1. The number of anilines is 1. The van der Waals surface area contributed by atoms with Crippen LogP contribution in [0.4, 0.5) is 18.9 Å². The quantitative estimate of drug-likeness (QED) is 0.620. The van der Waals surface area contributed by atoms with Crippen LogP contribution in [0.5, 0.6) is 0 Å². The zero-order valence-corrected chi connectivity index (χ0v) is 10.9. The summed E-state index contributed by atoms with van der Waals surface area (Å²) in [6.07, 6.45) is -4.54. The van der Waals surface area contributed by atoms with Crippen molar-refractivity contribution in [2.24, 2.45) is 5.84 Å². The number of fused-ring (bicyclic) bond motifs is 1. The van der Waals surface area contributed by atoms with Gasteiger partial charge in [0.25, 0.3) is 0 Å². The van der Waals surface area contributed by atoms with E-state index in [1.54, 1.807) is 13.0 Å². The maximum absolute atomic E-state index is 12.9. The van der Waals surface area contributed by atoms with Gasteiger partial charge in [-0.1, -0.05) is 11.6 Å². The highest BCUT2D eigenvalue weighted by atomic mass is 35.5. The minimum Gasteiger partial charge on any atom is -0.323 e. The van der Waals surface area contributed by atoms with Gasteiger partial charge in [0.15, 0.2) is 0 Å². The Kier molecular flexibility index (Phi) is 3.32. The van der Waals surface area contributed by atoms with Gasteiger partial charge in [-0.15, -0.1) is 0 Å². The van der Waals surface area contributed by atoms with Crippen molar-refractivity contribution in [3.05, 3.63) is 34.0 Å². The molecule has 0 aliphatic carbocycles. The van der Waals surface area contributed by atoms with Gasteiger partial charge in [0, 0.05) is 16.0 Å². The second-order valence-corrected chi connectivity index (χ2v) is 4.63. The lowest BCUT2D eigenvalue weighted by Gasteiger charge is -2.16. The van der Waals surface area contributed by atoms with Crippen molar-refractivity contribution >= 4 is 28.2 Å². The van der Waals surface area contributed by atoms with Gasteiger partial charge in [0.2, 0.25) is 0 Å². The first kappa shape index (κ1) is 13.9. The maximum atomic E-state index is 12.9. The Hall–Kier alpha value is -1.53. The Morgan fingerprint density at radius 3 is 2.42 bits per heavy atom. The van der Waals surface area contributed by atoms with Crippen LogP contribution in [-0.2, 0) is 6.18 Å². The average Bonchev–Trinajstić information content (AvgIpc) is 2.29. The molecule has 102 valence electrons. The van der Waals surface area contributed by atoms with E-state index < -0.39 is 11.9 Å². The Labute approximate surface area is 112 Å². The van der Waals surface area contributed by atoms with Crippen molar-refractivity contribution in [3.63, 3.8) is 0 Å². The van der Waals surface area contributed by atoms with Crippen molar-refractivity contribution in [2.45, 2.75) is 20.0 Å². The van der Waals surface area contributed by atoms with Crippen molar-refractivity contribution in [1.29, 1.82) is 0 Å². The van der Waals surface area contributed by atoms with Crippen LogP contribution >= 0.6 is 11.6 Å². The summed E-state index contributed by atoms with van der Waals surface area (Å²) in [5.74, 6) is 5.34. The van der Waals surface area contributed by atoms with Gasteiger partial charge in [0.1, 0.15) is 5.69 Å². The highest BCUT2D eigenvalue weighted by Crippen LogP contribution is 2.37. The molecule has 19 heavy (non-hydrogen) atoms. The van der Waals surface area contributed by atoms with Crippen molar-refractivity contribution in [2.75, 3.05) is 5.43 Å². The van der Waals surface area contributed by atoms with E-state index in [9.17, 15) is 13.2 Å². The number of nitrogens with two attached hydrogens (primary N) is 1. The lowest BCUT2D eigenvalue weighted by atomic mass is 10.0. The molecule has 0 aliphatic rings. The molecule has 0 radical (unpaired) electrons. The van der Waals surface area contributed by atoms with Crippen LogP contribution in [0.25, 0.3) is 10.9 Å². The van der Waals surface area contributed by atoms with E-state index in [0.717, 1.165) is 5.56 Å². The number of nitrogen functional groups attached to an aromatic ring is 1. The number of rotatable bonds is 1. The number of hydrogen-bond donors (Lipinski definition) is 2. The fourth-order valence-electron chi connectivity index (χ4n) is 1.95. The Morgan fingerprint density at radius 1 is 1.26 bits per heavy atom. The summed E-state index contributed by atoms with van der Waals surface area (Å²) < 4.78 is 38.7. The molecule has 0 bridgehead atoms. The molecule has 3 N–H and O–H groups in total. The van der Waals surface area contributed by atoms with Crippen molar-refractivity contribution in [3.8, 4) is 0 Å². The fourth-order valence-corrected chi connectivity index (χ4v) is 2.11. The normalized spacial score (nSPS) is 11.9. The molecular formula is C12H11ClF3N3. The molecule has 3 nitrogen and oxygen atoms in total. The minimum absolute atomic E-state index is 0.0378. The SMILES string of the molecule is Cc1cc2c(NN)c(C)c(C(F)(F)F)nc2cc1Cl. The number of pyridine rings is 1. The van der Waals surface area contributed by atoms with Gasteiger partial charge in [-0.25, -0.2) is 4.98 Å². The van der Waals surface area contributed by atoms with Gasteiger partial charge in [-0.3, -0.25) is 5.84 Å². The van der Waals surface area contributed by atoms with Gasteiger partial charge in [-0.05, 0) is 31.5 Å². The molecule has 0 saturated carbocycles. The first-order valence-corrected chi connectivity index (χ1v) is 5.77. The lowest BCUT2D eigenvalue weighted by Crippen LogP contribution is -2.16. The smallest absolute Gasteiger partial charge is 0.323 e. The lowest BCUT2D eigenvalue weighted by molar-refractivity contribution is -0.141. The molecule has 7 heteroatoms. The van der Waals surface area contributed by atoms with Crippen LogP contribution in [0.1, 0.15) is 16.8 Å². The van der Waals surface area contributed by atoms with Gasteiger partial charge in [0.05, 0.1) is 11.2 Å². The molecule has 0 spiro atoms. The van der Waals surface area contributed by atoms with Crippen molar-refractivity contribution < 1.29 is 13.2 Å². The third kappa shape index (κ3) is 2.33. The largest absolute Gasteiger partial charge is 0.433 e. The molecule has 1 heterocycles. The van der Waals surface area contributed by atoms with Gasteiger partial charge < -0.3 is 5.43 Å². The van der Waals surface area contributed by atoms with Crippen LogP contribution in [-0.4, -0.2) is 4.98 Å². The number of halogens is 4. The summed E-state index contributed by atoms with van der Waals surface area (Å²) in [5, 5.41) is 0.870. The Bertz CT molecular complexity index is 653. The third-order valence-electron chi connectivity index (χ3n) is 2.92. The number of hydrogen-bond acceptors (Lipinski definition) is 3. The Morgan fingerprint density at radius 2 is 1.89 bits per heavy atom. The second kappa shape index (κ2) is 4.54. The van der Waals surface area contributed by atoms with Gasteiger partial charge >= 0.3 is 6.18 Å². The molecule has 2 rings (SSSR count). The maximum Gasteiger partial charge on any atom is 0.433 e. The van der Waals surface area contributed by atoms with Crippen LogP contribution in [0, 0.1) is 13.8 Å². The van der Waals surface area contributed by atoms with E-state index in [4.69, 9.17) is 17.4 Å². The number of alkyl halides is 3. The summed E-state index contributed by atoms with van der Waals surface area (Å²) in [6.45, 7) is 3.09. The first-order valence-electron chi connectivity index (χ1n) is 5.40. The predicted octanol–water partition coefficient (Wildman–Crippen LogP) is 3.81. The molecule has 1 aromatic heterocycles. The fraction of sp³-hybridized carbons (Fsp3) is 0.250. The zero-order chi connectivity index (χ0) is 14.4. The molecule has 0 fully saturated rings. The summed E-state index contributed by atoms with van der Waals surface area (Å²) in [7, 11) is 0. The van der Waals surface area contributed by atoms with Crippen molar-refractivity contribution in [1.82, 2.24) is 4.98 Å². The van der Waals surface area contributed by atoms with E-state index in [1.807, 2.05) is 0 Å². The standard InChI is InChI=1S/C12H11ClF3N3/c1-5-3-7-9(4-8(5)13)18-11(12(14,15)16)6(2)10(7)19-17/h3-4H,17H2,1-2H3,(H,18,19). The first-order chi connectivity index (χ1) is 8.75. The molecule has 0 atom stereocenters. The van der Waals surface area contributed by atoms with E-state index >= 15 is 0 Å².